The zero-order valence-electron chi connectivity index (χ0n) is 11.1. The number of hydrogen-bond donors (Lipinski definition) is 1. The highest BCUT2D eigenvalue weighted by Gasteiger charge is 2.25. The van der Waals surface area contributed by atoms with Crippen molar-refractivity contribution in [2.24, 2.45) is 5.92 Å². The molecule has 1 fully saturated rings. The van der Waals surface area contributed by atoms with Crippen molar-refractivity contribution in [2.75, 3.05) is 18.0 Å². The second-order valence-electron chi connectivity index (χ2n) is 4.87. The van der Waals surface area contributed by atoms with Crippen LogP contribution in [0.5, 0.6) is 0 Å². The van der Waals surface area contributed by atoms with Crippen molar-refractivity contribution in [2.45, 2.75) is 12.8 Å². The Labute approximate surface area is 117 Å². The van der Waals surface area contributed by atoms with Gasteiger partial charge in [-0.25, -0.2) is 9.18 Å². The van der Waals surface area contributed by atoms with Gasteiger partial charge in [0.25, 0.3) is 0 Å². The number of terminal acetylenes is 1. The van der Waals surface area contributed by atoms with Crippen molar-refractivity contribution in [3.8, 4) is 12.3 Å². The Bertz CT molecular complexity index is 570. The highest BCUT2D eigenvalue weighted by Crippen LogP contribution is 2.33. The molecule has 0 spiro atoms. The Hall–Kier alpha value is -2.28. The third kappa shape index (κ3) is 3.61. The summed E-state index contributed by atoms with van der Waals surface area (Å²) in [5.41, 5.74) is 0.915. The fourth-order valence-electron chi connectivity index (χ4n) is 2.09. The number of carbonyl (C=O) groups is 1. The Balaban J connectivity index is 2.34. The van der Waals surface area contributed by atoms with E-state index in [1.807, 2.05) is 4.90 Å². The van der Waals surface area contributed by atoms with Crippen LogP contribution in [0.15, 0.2) is 24.3 Å². The lowest BCUT2D eigenvalue weighted by Crippen LogP contribution is -2.27. The third-order valence-corrected chi connectivity index (χ3v) is 3.22. The molecule has 1 aromatic rings. The Kier molecular flexibility index (Phi) is 4.41. The van der Waals surface area contributed by atoms with Crippen LogP contribution in [0.25, 0.3) is 6.08 Å². The lowest BCUT2D eigenvalue weighted by Gasteiger charge is -2.24. The molecular weight excluding hydrogens is 257 g/mol. The maximum atomic E-state index is 13.9. The van der Waals surface area contributed by atoms with Crippen molar-refractivity contribution < 1.29 is 14.3 Å². The van der Waals surface area contributed by atoms with Crippen LogP contribution in [0.3, 0.4) is 0 Å². The van der Waals surface area contributed by atoms with Gasteiger partial charge in [-0.1, -0.05) is 12.0 Å². The minimum atomic E-state index is -1.11. The topological polar surface area (TPSA) is 40.5 Å². The molecule has 1 aliphatic rings. The predicted octanol–water partition coefficient (Wildman–Crippen LogP) is 2.77. The van der Waals surface area contributed by atoms with E-state index < -0.39 is 11.8 Å². The van der Waals surface area contributed by atoms with Crippen LogP contribution in [-0.4, -0.2) is 24.2 Å². The van der Waals surface area contributed by atoms with Crippen LogP contribution in [-0.2, 0) is 4.79 Å². The van der Waals surface area contributed by atoms with E-state index in [4.69, 9.17) is 11.5 Å². The van der Waals surface area contributed by atoms with Crippen molar-refractivity contribution in [3.63, 3.8) is 0 Å². The number of carboxylic acids is 1. The summed E-state index contributed by atoms with van der Waals surface area (Å²) in [5, 5.41) is 8.70. The second-order valence-corrected chi connectivity index (χ2v) is 4.87. The maximum Gasteiger partial charge on any atom is 0.328 e. The number of anilines is 1. The number of nitrogens with zero attached hydrogens (tertiary/aromatic N) is 1. The molecule has 0 aromatic heterocycles. The first-order valence-corrected chi connectivity index (χ1v) is 6.49. The predicted molar refractivity (Wildman–Crippen MR) is 76.8 cm³/mol. The molecule has 2 rings (SSSR count). The molecule has 1 aliphatic carbocycles. The number of benzene rings is 1. The number of carboxylic acid groups (broad SMARTS) is 1. The molecule has 0 bridgehead atoms. The van der Waals surface area contributed by atoms with Crippen molar-refractivity contribution >= 4 is 17.7 Å². The van der Waals surface area contributed by atoms with Crippen LogP contribution in [0.1, 0.15) is 18.4 Å². The van der Waals surface area contributed by atoms with E-state index in [0.29, 0.717) is 18.2 Å². The Morgan fingerprint density at radius 2 is 2.30 bits per heavy atom. The van der Waals surface area contributed by atoms with Gasteiger partial charge in [0, 0.05) is 23.9 Å². The van der Waals surface area contributed by atoms with Gasteiger partial charge < -0.3 is 10.0 Å². The smallest absolute Gasteiger partial charge is 0.328 e. The third-order valence-electron chi connectivity index (χ3n) is 3.22. The molecule has 0 radical (unpaired) electrons. The number of halogens is 1. The van der Waals surface area contributed by atoms with E-state index in [1.165, 1.54) is 12.1 Å². The summed E-state index contributed by atoms with van der Waals surface area (Å²) in [6, 6.07) is 4.69. The molecular formula is C16H16FNO2. The standard InChI is InChI=1S/C16H16FNO2/c1-2-10-18(11-12-6-7-12)15-5-3-4-14(17)13(15)8-9-16(19)20/h1,3-5,8-9,12H,6-7,10-11H2,(H,19,20)/b9-8+. The van der Waals surface area contributed by atoms with Gasteiger partial charge in [-0.05, 0) is 37.0 Å². The van der Waals surface area contributed by atoms with Gasteiger partial charge in [0.2, 0.25) is 0 Å². The normalized spacial score (nSPS) is 14.2. The monoisotopic (exact) mass is 273 g/mol. The molecule has 0 aliphatic heterocycles. The molecule has 4 heteroatoms. The van der Waals surface area contributed by atoms with Gasteiger partial charge in [-0.3, -0.25) is 0 Å². The first kappa shape index (κ1) is 14.1. The molecule has 1 saturated carbocycles. The van der Waals surface area contributed by atoms with Crippen molar-refractivity contribution in [1.29, 1.82) is 0 Å². The molecule has 1 N–H and O–H groups in total. The summed E-state index contributed by atoms with van der Waals surface area (Å²) < 4.78 is 13.9. The molecule has 1 aromatic carbocycles. The number of aliphatic carboxylic acids is 1. The summed E-state index contributed by atoms with van der Waals surface area (Å²) in [6.07, 6.45) is 9.92. The Morgan fingerprint density at radius 1 is 1.55 bits per heavy atom. The van der Waals surface area contributed by atoms with E-state index in [-0.39, 0.29) is 5.56 Å². The van der Waals surface area contributed by atoms with Gasteiger partial charge in [0.15, 0.2) is 0 Å². The average molecular weight is 273 g/mol. The van der Waals surface area contributed by atoms with Gasteiger partial charge >= 0.3 is 5.97 Å². The molecule has 0 atom stereocenters. The quantitative estimate of drug-likeness (QED) is 0.640. The molecule has 104 valence electrons. The highest BCUT2D eigenvalue weighted by atomic mass is 19.1. The molecule has 3 nitrogen and oxygen atoms in total. The minimum absolute atomic E-state index is 0.269. The van der Waals surface area contributed by atoms with Gasteiger partial charge in [0.1, 0.15) is 5.82 Å². The largest absolute Gasteiger partial charge is 0.478 e. The summed E-state index contributed by atoms with van der Waals surface area (Å²) in [6.45, 7) is 1.16. The highest BCUT2D eigenvalue weighted by molar-refractivity contribution is 5.87. The number of hydrogen-bond acceptors (Lipinski definition) is 2. The molecule has 20 heavy (non-hydrogen) atoms. The zero-order chi connectivity index (χ0) is 14.5. The first-order chi connectivity index (χ1) is 9.61. The molecule has 0 heterocycles. The van der Waals surface area contributed by atoms with E-state index in [1.54, 1.807) is 12.1 Å². The maximum absolute atomic E-state index is 13.9. The zero-order valence-corrected chi connectivity index (χ0v) is 11.1. The SMILES string of the molecule is C#CCN(CC1CC1)c1cccc(F)c1/C=C/C(=O)O. The lowest BCUT2D eigenvalue weighted by molar-refractivity contribution is -0.131. The second kappa shape index (κ2) is 6.25. The fourth-order valence-corrected chi connectivity index (χ4v) is 2.09. The first-order valence-electron chi connectivity index (χ1n) is 6.49. The van der Waals surface area contributed by atoms with E-state index in [9.17, 15) is 9.18 Å². The van der Waals surface area contributed by atoms with Crippen LogP contribution >= 0.6 is 0 Å². The van der Waals surface area contributed by atoms with Crippen LogP contribution in [0.2, 0.25) is 0 Å². The Morgan fingerprint density at radius 3 is 2.90 bits per heavy atom. The van der Waals surface area contributed by atoms with Crippen molar-refractivity contribution in [1.82, 2.24) is 0 Å². The van der Waals surface area contributed by atoms with E-state index >= 15 is 0 Å². The molecule has 0 amide bonds. The fraction of sp³-hybridized carbons (Fsp3) is 0.312. The van der Waals surface area contributed by atoms with E-state index in [0.717, 1.165) is 25.5 Å². The number of rotatable bonds is 6. The van der Waals surface area contributed by atoms with Gasteiger partial charge in [0.05, 0.1) is 6.54 Å². The van der Waals surface area contributed by atoms with E-state index in [2.05, 4.69) is 5.92 Å². The van der Waals surface area contributed by atoms with Crippen LogP contribution < -0.4 is 4.90 Å². The summed E-state index contributed by atoms with van der Waals surface area (Å²) in [5.74, 6) is 1.62. The summed E-state index contributed by atoms with van der Waals surface area (Å²) >= 11 is 0. The van der Waals surface area contributed by atoms with Gasteiger partial charge in [-0.15, -0.1) is 6.42 Å². The van der Waals surface area contributed by atoms with Gasteiger partial charge in [-0.2, -0.15) is 0 Å². The molecule has 0 saturated heterocycles. The van der Waals surface area contributed by atoms with Crippen LogP contribution in [0.4, 0.5) is 10.1 Å². The van der Waals surface area contributed by atoms with Crippen molar-refractivity contribution in [3.05, 3.63) is 35.7 Å². The summed E-state index contributed by atoms with van der Waals surface area (Å²) in [7, 11) is 0. The lowest BCUT2D eigenvalue weighted by atomic mass is 10.1. The minimum Gasteiger partial charge on any atom is -0.478 e. The molecule has 0 unspecified atom stereocenters. The summed E-state index contributed by atoms with van der Waals surface area (Å²) in [4.78, 5) is 12.6. The average Bonchev–Trinajstić information content (AvgIpc) is 3.20. The van der Waals surface area contributed by atoms with Crippen LogP contribution in [0, 0.1) is 24.1 Å².